The number of hydrogen-bond donors (Lipinski definition) is 4. The number of rotatable bonds is 7. The highest BCUT2D eigenvalue weighted by Gasteiger charge is 2.28. The molecule has 2 aliphatic heterocycles. The van der Waals surface area contributed by atoms with Crippen molar-refractivity contribution < 1.29 is 4.79 Å². The highest BCUT2D eigenvalue weighted by atomic mass is 16.2. The van der Waals surface area contributed by atoms with Crippen molar-refractivity contribution in [3.8, 4) is 0 Å². The van der Waals surface area contributed by atoms with Crippen molar-refractivity contribution in [3.05, 3.63) is 12.4 Å². The molecule has 0 unspecified atom stereocenters. The molecule has 1 amide bonds. The van der Waals surface area contributed by atoms with Crippen molar-refractivity contribution in [2.45, 2.75) is 136 Å². The van der Waals surface area contributed by atoms with Crippen LogP contribution in [0.3, 0.4) is 0 Å². The second-order valence-electron chi connectivity index (χ2n) is 15.0. The van der Waals surface area contributed by atoms with Gasteiger partial charge in [-0.05, 0) is 134 Å². The molecule has 0 aromatic heterocycles. The van der Waals surface area contributed by atoms with E-state index in [9.17, 15) is 4.79 Å². The molecule has 2 heterocycles. The Bertz CT molecular complexity index is 702. The van der Waals surface area contributed by atoms with E-state index in [1.165, 1.54) is 25.9 Å². The van der Waals surface area contributed by atoms with Gasteiger partial charge in [0.05, 0.1) is 11.9 Å². The Hall–Kier alpha value is -1.35. The third-order valence-corrected chi connectivity index (χ3v) is 8.24. The first-order chi connectivity index (χ1) is 18.1. The topological polar surface area (TPSA) is 103 Å². The van der Waals surface area contributed by atoms with E-state index in [0.29, 0.717) is 29.9 Å². The summed E-state index contributed by atoms with van der Waals surface area (Å²) in [5.74, 6) is 1.36. The Balaban J connectivity index is 0.000000696. The lowest BCUT2D eigenvalue weighted by atomic mass is 9.95. The molecule has 0 saturated carbocycles. The summed E-state index contributed by atoms with van der Waals surface area (Å²) in [6.45, 7) is 31.4. The number of carbonyl (C=O) groups excluding carboxylic acids is 1. The molecule has 0 aromatic rings. The maximum absolute atomic E-state index is 12.1. The van der Waals surface area contributed by atoms with Gasteiger partial charge < -0.3 is 27.0 Å². The van der Waals surface area contributed by atoms with Gasteiger partial charge in [0.2, 0.25) is 5.91 Å². The van der Waals surface area contributed by atoms with E-state index >= 15 is 0 Å². The van der Waals surface area contributed by atoms with E-state index in [1.54, 1.807) is 0 Å². The first-order valence-corrected chi connectivity index (χ1v) is 15.6. The number of nitrogens with two attached hydrogens (primary N) is 2. The third-order valence-electron chi connectivity index (χ3n) is 8.24. The monoisotopic (exact) mass is 568 g/mol. The molecule has 0 aliphatic carbocycles. The van der Waals surface area contributed by atoms with Crippen molar-refractivity contribution in [1.29, 1.82) is 0 Å². The van der Waals surface area contributed by atoms with Gasteiger partial charge in [-0.15, -0.1) is 0 Å². The quantitative estimate of drug-likeness (QED) is 0.339. The first kappa shape index (κ1) is 38.6. The Morgan fingerprint density at radius 2 is 1.30 bits per heavy atom. The highest BCUT2D eigenvalue weighted by molar-refractivity contribution is 5.81. The molecule has 8 nitrogen and oxygen atoms in total. The molecule has 2 fully saturated rings. The second kappa shape index (κ2) is 17.6. The van der Waals surface area contributed by atoms with Gasteiger partial charge in [-0.25, -0.2) is 0 Å². The van der Waals surface area contributed by atoms with Gasteiger partial charge in [-0.2, -0.15) is 0 Å². The zero-order valence-corrected chi connectivity index (χ0v) is 28.6. The molecule has 0 aromatic carbocycles. The summed E-state index contributed by atoms with van der Waals surface area (Å²) >= 11 is 0. The molecular formula is C32H69N7O. The van der Waals surface area contributed by atoms with Crippen LogP contribution in [-0.4, -0.2) is 96.1 Å². The maximum Gasteiger partial charge on any atom is 0.237 e. The lowest BCUT2D eigenvalue weighted by Gasteiger charge is -2.41. The summed E-state index contributed by atoms with van der Waals surface area (Å²) in [7, 11) is 4.17. The third kappa shape index (κ3) is 17.5. The molecule has 2 saturated heterocycles. The van der Waals surface area contributed by atoms with Crippen LogP contribution in [-0.2, 0) is 4.79 Å². The SMILES string of the molecule is C=C(N)NCCC[C@H](N)C(=O)NC1CCN(C(C)(C)C)CC1.CC1CCN(C(C)(C)C)CC1.CN(C)C(C)(C)C. The highest BCUT2D eigenvalue weighted by Crippen LogP contribution is 2.23. The van der Waals surface area contributed by atoms with E-state index in [-0.39, 0.29) is 17.5 Å². The smallest absolute Gasteiger partial charge is 0.237 e. The standard InChI is InChI=1S/C16H33N5O.C10H21N.C6H15N/c1-12(17)19-9-5-6-14(18)15(22)20-13-7-10-21(11-8-13)16(2,3)4;1-9-5-7-11(8-6-9)10(2,3)4;1-6(2,3)7(4)5/h13-14,19H,1,5-11,17-18H2,2-4H3,(H,20,22);9H,5-8H2,1-4H3;1-5H3/t14-;;/m0../s1. The van der Waals surface area contributed by atoms with Crippen molar-refractivity contribution in [1.82, 2.24) is 25.3 Å². The van der Waals surface area contributed by atoms with E-state index < -0.39 is 6.04 Å². The van der Waals surface area contributed by atoms with Crippen LogP contribution in [0.1, 0.15) is 108 Å². The number of hydrogen-bond acceptors (Lipinski definition) is 7. The van der Waals surface area contributed by atoms with Gasteiger partial charge in [0.25, 0.3) is 0 Å². The van der Waals surface area contributed by atoms with Crippen LogP contribution in [0, 0.1) is 5.92 Å². The maximum atomic E-state index is 12.1. The molecule has 2 aliphatic rings. The summed E-state index contributed by atoms with van der Waals surface area (Å²) in [5.41, 5.74) is 12.3. The normalized spacial score (nSPS) is 19.1. The Kier molecular flexibility index (Phi) is 17.0. The summed E-state index contributed by atoms with van der Waals surface area (Å²) in [6.07, 6.45) is 6.20. The van der Waals surface area contributed by atoms with Gasteiger partial charge in [0.1, 0.15) is 0 Å². The molecule has 2 rings (SSSR count). The predicted octanol–water partition coefficient (Wildman–Crippen LogP) is 4.36. The molecule has 40 heavy (non-hydrogen) atoms. The van der Waals surface area contributed by atoms with E-state index in [0.717, 1.165) is 38.3 Å². The zero-order chi connectivity index (χ0) is 31.3. The molecule has 238 valence electrons. The fourth-order valence-electron chi connectivity index (χ4n) is 4.38. The Morgan fingerprint density at radius 1 is 0.900 bits per heavy atom. The summed E-state index contributed by atoms with van der Waals surface area (Å²) < 4.78 is 0. The van der Waals surface area contributed by atoms with Crippen molar-refractivity contribution in [2.75, 3.05) is 46.8 Å². The molecule has 0 bridgehead atoms. The minimum atomic E-state index is -0.450. The second-order valence-corrected chi connectivity index (χ2v) is 15.0. The van der Waals surface area contributed by atoms with Crippen molar-refractivity contribution in [3.63, 3.8) is 0 Å². The van der Waals surface area contributed by atoms with Crippen molar-refractivity contribution >= 4 is 5.91 Å². The average molecular weight is 568 g/mol. The number of likely N-dealkylation sites (tertiary alicyclic amines) is 2. The zero-order valence-electron chi connectivity index (χ0n) is 28.6. The molecular weight excluding hydrogens is 498 g/mol. The molecule has 6 N–H and O–H groups in total. The van der Waals surface area contributed by atoms with Crippen LogP contribution in [0.4, 0.5) is 0 Å². The number of piperidine rings is 2. The Labute approximate surface area is 249 Å². The number of amides is 1. The van der Waals surface area contributed by atoms with Crippen molar-refractivity contribution in [2.24, 2.45) is 17.4 Å². The van der Waals surface area contributed by atoms with Crippen LogP contribution < -0.4 is 22.1 Å². The Morgan fingerprint density at radius 3 is 1.65 bits per heavy atom. The minimum absolute atomic E-state index is 0.0409. The number of nitrogens with zero attached hydrogens (tertiary/aromatic N) is 3. The number of nitrogens with one attached hydrogen (secondary N) is 2. The first-order valence-electron chi connectivity index (χ1n) is 15.6. The van der Waals surface area contributed by atoms with Crippen LogP contribution in [0.15, 0.2) is 12.4 Å². The van der Waals surface area contributed by atoms with Crippen LogP contribution in [0.25, 0.3) is 0 Å². The van der Waals surface area contributed by atoms with E-state index in [1.807, 2.05) is 0 Å². The minimum Gasteiger partial charge on any atom is -0.386 e. The summed E-state index contributed by atoms with van der Waals surface area (Å²) in [5, 5.41) is 6.02. The van der Waals surface area contributed by atoms with Crippen LogP contribution >= 0.6 is 0 Å². The lowest BCUT2D eigenvalue weighted by Crippen LogP contribution is -2.53. The van der Waals surface area contributed by atoms with Gasteiger partial charge in [-0.3, -0.25) is 14.6 Å². The molecule has 0 spiro atoms. The summed E-state index contributed by atoms with van der Waals surface area (Å²) in [4.78, 5) is 19.3. The van der Waals surface area contributed by atoms with Crippen LogP contribution in [0.5, 0.6) is 0 Å². The van der Waals surface area contributed by atoms with Crippen LogP contribution in [0.2, 0.25) is 0 Å². The molecule has 1 atom stereocenters. The lowest BCUT2D eigenvalue weighted by molar-refractivity contribution is -0.123. The van der Waals surface area contributed by atoms with Gasteiger partial charge in [0, 0.05) is 42.3 Å². The number of carbonyl (C=O) groups is 1. The fraction of sp³-hybridized carbons (Fsp3) is 0.906. The fourth-order valence-corrected chi connectivity index (χ4v) is 4.38. The molecule has 0 radical (unpaired) electrons. The van der Waals surface area contributed by atoms with Gasteiger partial charge >= 0.3 is 0 Å². The van der Waals surface area contributed by atoms with Gasteiger partial charge in [-0.1, -0.05) is 13.5 Å². The van der Waals surface area contributed by atoms with E-state index in [4.69, 9.17) is 11.5 Å². The predicted molar refractivity (Wildman–Crippen MR) is 174 cm³/mol. The largest absolute Gasteiger partial charge is 0.386 e. The van der Waals surface area contributed by atoms with E-state index in [2.05, 4.69) is 115 Å². The molecule has 8 heteroatoms. The average Bonchev–Trinajstić information content (AvgIpc) is 2.81. The summed E-state index contributed by atoms with van der Waals surface area (Å²) in [6, 6.07) is -0.201. The van der Waals surface area contributed by atoms with Gasteiger partial charge in [0.15, 0.2) is 0 Å².